The number of amides is 2. The van der Waals surface area contributed by atoms with Gasteiger partial charge in [0.25, 0.3) is 0 Å². The molecule has 0 saturated carbocycles. The molecule has 1 N–H and O–H groups in total. The molecule has 0 bridgehead atoms. The maximum atomic E-state index is 12.7. The van der Waals surface area contributed by atoms with Crippen molar-refractivity contribution in [3.63, 3.8) is 0 Å². The fourth-order valence-corrected chi connectivity index (χ4v) is 3.49. The van der Waals surface area contributed by atoms with E-state index in [1.165, 1.54) is 0 Å². The van der Waals surface area contributed by atoms with E-state index in [1.807, 2.05) is 16.7 Å². The monoisotopic (exact) mass is 335 g/mol. The summed E-state index contributed by atoms with van der Waals surface area (Å²) in [5, 5.41) is 6.94. The van der Waals surface area contributed by atoms with E-state index in [0.717, 1.165) is 31.6 Å². The van der Waals surface area contributed by atoms with Crippen LogP contribution in [0, 0.1) is 6.92 Å². The number of rotatable bonds is 3. The molecule has 2 fully saturated rings. The number of morpholine rings is 1. The van der Waals surface area contributed by atoms with Gasteiger partial charge < -0.3 is 14.5 Å². The van der Waals surface area contributed by atoms with Crippen LogP contribution >= 0.6 is 0 Å². The minimum Gasteiger partial charge on any atom is -0.366 e. The quantitative estimate of drug-likeness (QED) is 0.882. The van der Waals surface area contributed by atoms with Gasteiger partial charge >= 0.3 is 0 Å². The van der Waals surface area contributed by atoms with Crippen LogP contribution in [0.2, 0.25) is 0 Å². The third kappa shape index (κ3) is 3.75. The van der Waals surface area contributed by atoms with Crippen molar-refractivity contribution in [3.8, 4) is 0 Å². The number of aromatic amines is 1. The van der Waals surface area contributed by atoms with Crippen molar-refractivity contribution < 1.29 is 14.3 Å². The minimum absolute atomic E-state index is 0.0239. The SMILES string of the molecule is CC(=O)N1CCCC[C@H]1CC(=O)N1CCO[C@@H](c2n[nH]c(C)n2)C1. The molecule has 0 radical (unpaired) electrons. The average molecular weight is 335 g/mol. The van der Waals surface area contributed by atoms with E-state index in [2.05, 4.69) is 15.2 Å². The Balaban J connectivity index is 1.60. The second kappa shape index (κ2) is 7.29. The molecule has 0 unspecified atom stereocenters. The van der Waals surface area contributed by atoms with Gasteiger partial charge in [-0.1, -0.05) is 0 Å². The molecule has 3 rings (SSSR count). The second-order valence-corrected chi connectivity index (χ2v) is 6.54. The summed E-state index contributed by atoms with van der Waals surface area (Å²) in [4.78, 5) is 32.4. The molecule has 1 aromatic heterocycles. The Morgan fingerprint density at radius 1 is 1.33 bits per heavy atom. The van der Waals surface area contributed by atoms with Gasteiger partial charge in [-0.05, 0) is 26.2 Å². The summed E-state index contributed by atoms with van der Waals surface area (Å²) in [6.07, 6.45) is 3.10. The number of hydrogen-bond acceptors (Lipinski definition) is 5. The van der Waals surface area contributed by atoms with Crippen molar-refractivity contribution in [1.29, 1.82) is 0 Å². The van der Waals surface area contributed by atoms with Gasteiger partial charge in [0.1, 0.15) is 11.9 Å². The number of likely N-dealkylation sites (tertiary alicyclic amines) is 1. The first-order valence-corrected chi connectivity index (χ1v) is 8.60. The zero-order chi connectivity index (χ0) is 17.1. The number of nitrogens with zero attached hydrogens (tertiary/aromatic N) is 4. The molecule has 132 valence electrons. The molecule has 2 aliphatic heterocycles. The van der Waals surface area contributed by atoms with Crippen LogP contribution in [0.4, 0.5) is 0 Å². The van der Waals surface area contributed by atoms with Crippen molar-refractivity contribution in [2.24, 2.45) is 0 Å². The van der Waals surface area contributed by atoms with Crippen LogP contribution in [0.1, 0.15) is 50.4 Å². The summed E-state index contributed by atoms with van der Waals surface area (Å²) in [5.74, 6) is 1.46. The van der Waals surface area contributed by atoms with Crippen molar-refractivity contribution in [3.05, 3.63) is 11.6 Å². The number of nitrogens with one attached hydrogen (secondary N) is 1. The standard InChI is InChI=1S/C16H25N5O3/c1-11-17-16(19-18-11)14-10-20(7-8-24-14)15(23)9-13-5-3-4-6-21(13)12(2)22/h13-14H,3-10H2,1-2H3,(H,17,18,19)/t13-,14+/m0/s1. The third-order valence-electron chi connectivity index (χ3n) is 4.76. The summed E-state index contributed by atoms with van der Waals surface area (Å²) in [5.41, 5.74) is 0. The topological polar surface area (TPSA) is 91.4 Å². The van der Waals surface area contributed by atoms with Crippen molar-refractivity contribution in [2.45, 2.75) is 51.7 Å². The molecule has 8 heteroatoms. The van der Waals surface area contributed by atoms with E-state index >= 15 is 0 Å². The number of aryl methyl sites for hydroxylation is 1. The molecule has 24 heavy (non-hydrogen) atoms. The van der Waals surface area contributed by atoms with Crippen LogP contribution in [-0.2, 0) is 14.3 Å². The average Bonchev–Trinajstić information content (AvgIpc) is 3.02. The van der Waals surface area contributed by atoms with Crippen LogP contribution in [0.15, 0.2) is 0 Å². The highest BCUT2D eigenvalue weighted by atomic mass is 16.5. The van der Waals surface area contributed by atoms with Gasteiger partial charge in [0, 0.05) is 32.5 Å². The smallest absolute Gasteiger partial charge is 0.224 e. The molecular weight excluding hydrogens is 310 g/mol. The first kappa shape index (κ1) is 16.9. The van der Waals surface area contributed by atoms with E-state index in [1.54, 1.807) is 6.92 Å². The first-order chi connectivity index (χ1) is 11.5. The van der Waals surface area contributed by atoms with Crippen LogP contribution in [0.3, 0.4) is 0 Å². The van der Waals surface area contributed by atoms with Gasteiger partial charge in [-0.3, -0.25) is 14.7 Å². The van der Waals surface area contributed by atoms with Crippen LogP contribution in [-0.4, -0.2) is 69.1 Å². The molecule has 0 spiro atoms. The van der Waals surface area contributed by atoms with Gasteiger partial charge in [0.2, 0.25) is 11.8 Å². The fourth-order valence-electron chi connectivity index (χ4n) is 3.49. The number of H-pyrrole nitrogens is 1. The summed E-state index contributed by atoms with van der Waals surface area (Å²) in [7, 11) is 0. The zero-order valence-electron chi connectivity index (χ0n) is 14.3. The summed E-state index contributed by atoms with van der Waals surface area (Å²) >= 11 is 0. The molecule has 2 amide bonds. The lowest BCUT2D eigenvalue weighted by atomic mass is 9.98. The van der Waals surface area contributed by atoms with Gasteiger partial charge in [-0.2, -0.15) is 5.10 Å². The predicted molar refractivity (Wildman–Crippen MR) is 86.0 cm³/mol. The van der Waals surface area contributed by atoms with Gasteiger partial charge in [-0.15, -0.1) is 0 Å². The van der Waals surface area contributed by atoms with Crippen molar-refractivity contribution in [2.75, 3.05) is 26.2 Å². The van der Waals surface area contributed by atoms with E-state index in [9.17, 15) is 9.59 Å². The van der Waals surface area contributed by atoms with Crippen molar-refractivity contribution in [1.82, 2.24) is 25.0 Å². The van der Waals surface area contributed by atoms with E-state index in [0.29, 0.717) is 31.9 Å². The Morgan fingerprint density at radius 3 is 2.88 bits per heavy atom. The zero-order valence-corrected chi connectivity index (χ0v) is 14.3. The van der Waals surface area contributed by atoms with E-state index < -0.39 is 0 Å². The number of carbonyl (C=O) groups excluding carboxylic acids is 2. The lowest BCUT2D eigenvalue weighted by Gasteiger charge is -2.37. The lowest BCUT2D eigenvalue weighted by molar-refractivity contribution is -0.142. The highest BCUT2D eigenvalue weighted by Crippen LogP contribution is 2.23. The van der Waals surface area contributed by atoms with Crippen LogP contribution in [0.5, 0.6) is 0 Å². The molecular formula is C16H25N5O3. The van der Waals surface area contributed by atoms with E-state index in [4.69, 9.17) is 4.74 Å². The fraction of sp³-hybridized carbons (Fsp3) is 0.750. The van der Waals surface area contributed by atoms with Crippen LogP contribution < -0.4 is 0 Å². The Labute approximate surface area is 141 Å². The molecule has 1 aromatic rings. The number of ether oxygens (including phenoxy) is 1. The Kier molecular flexibility index (Phi) is 5.13. The number of hydrogen-bond donors (Lipinski definition) is 1. The molecule has 2 saturated heterocycles. The van der Waals surface area contributed by atoms with E-state index in [-0.39, 0.29) is 24.0 Å². The number of aromatic nitrogens is 3. The Hall–Kier alpha value is -1.96. The number of piperidine rings is 1. The molecule has 3 heterocycles. The number of carbonyl (C=O) groups is 2. The largest absolute Gasteiger partial charge is 0.366 e. The summed E-state index contributed by atoms with van der Waals surface area (Å²) < 4.78 is 5.70. The second-order valence-electron chi connectivity index (χ2n) is 6.54. The third-order valence-corrected chi connectivity index (χ3v) is 4.76. The van der Waals surface area contributed by atoms with Gasteiger partial charge in [0.05, 0.1) is 13.2 Å². The molecule has 2 aliphatic rings. The molecule has 2 atom stereocenters. The lowest BCUT2D eigenvalue weighted by Crippen LogP contribution is -2.48. The summed E-state index contributed by atoms with van der Waals surface area (Å²) in [6, 6.07) is 0.0239. The predicted octanol–water partition coefficient (Wildman–Crippen LogP) is 0.804. The molecule has 8 nitrogen and oxygen atoms in total. The maximum Gasteiger partial charge on any atom is 0.224 e. The highest BCUT2D eigenvalue weighted by molar-refractivity contribution is 5.79. The van der Waals surface area contributed by atoms with Crippen molar-refractivity contribution >= 4 is 11.8 Å². The summed E-state index contributed by atoms with van der Waals surface area (Å²) in [6.45, 7) is 5.69. The van der Waals surface area contributed by atoms with Crippen LogP contribution in [0.25, 0.3) is 0 Å². The normalized spacial score (nSPS) is 24.9. The van der Waals surface area contributed by atoms with Gasteiger partial charge in [0.15, 0.2) is 5.82 Å². The molecule has 0 aromatic carbocycles. The Bertz CT molecular complexity index is 602. The Morgan fingerprint density at radius 2 is 2.17 bits per heavy atom. The minimum atomic E-state index is -0.289. The highest BCUT2D eigenvalue weighted by Gasteiger charge is 2.32. The maximum absolute atomic E-state index is 12.7. The first-order valence-electron chi connectivity index (χ1n) is 8.60. The van der Waals surface area contributed by atoms with Gasteiger partial charge in [-0.25, -0.2) is 4.98 Å². The molecule has 0 aliphatic carbocycles.